The van der Waals surface area contributed by atoms with Crippen LogP contribution in [-0.2, 0) is 16.6 Å². The number of aliphatic carboxylic acids is 1. The summed E-state index contributed by atoms with van der Waals surface area (Å²) in [6, 6.07) is 11.7. The molecule has 3 aromatic heterocycles. The Hall–Kier alpha value is -4.80. The number of anilines is 1. The van der Waals surface area contributed by atoms with Gasteiger partial charge in [0.1, 0.15) is 30.8 Å². The van der Waals surface area contributed by atoms with Crippen LogP contribution in [-0.4, -0.2) is 52.4 Å². The number of nitrogens with two attached hydrogens (primary N) is 1. The molecule has 1 unspecified atom stereocenters. The number of hydrogen-bond acceptors (Lipinski definition) is 8. The summed E-state index contributed by atoms with van der Waals surface area (Å²) >= 11 is 0. The van der Waals surface area contributed by atoms with E-state index in [9.17, 15) is 4.79 Å². The minimum absolute atomic E-state index is 0.0527. The van der Waals surface area contributed by atoms with Crippen molar-refractivity contribution in [1.82, 2.24) is 34.7 Å². The molecular formula is C27H28N8O3. The number of carbonyl (C=O) groups is 1. The lowest BCUT2D eigenvalue weighted by atomic mass is 9.79. The van der Waals surface area contributed by atoms with Gasteiger partial charge in [0.15, 0.2) is 0 Å². The van der Waals surface area contributed by atoms with Gasteiger partial charge in [-0.25, -0.2) is 24.6 Å². The Bertz CT molecular complexity index is 1580. The molecule has 0 saturated heterocycles. The number of carboxylic acids is 1. The average Bonchev–Trinajstić information content (AvgIpc) is 3.58. The molecule has 0 fully saturated rings. The number of aromatic nitrogens is 7. The van der Waals surface area contributed by atoms with E-state index in [1.807, 2.05) is 12.1 Å². The zero-order valence-corrected chi connectivity index (χ0v) is 21.3. The first-order valence-electron chi connectivity index (χ1n) is 12.1. The van der Waals surface area contributed by atoms with E-state index in [-0.39, 0.29) is 18.0 Å². The number of benzene rings is 2. The van der Waals surface area contributed by atoms with Crippen LogP contribution in [0.3, 0.4) is 0 Å². The Labute approximate surface area is 218 Å². The third-order valence-electron chi connectivity index (χ3n) is 6.45. The second-order valence-electron chi connectivity index (χ2n) is 9.90. The van der Waals surface area contributed by atoms with E-state index in [2.05, 4.69) is 51.0 Å². The van der Waals surface area contributed by atoms with E-state index in [1.54, 1.807) is 42.5 Å². The molecule has 0 radical (unpaired) electrons. The topological polar surface area (TPSA) is 158 Å². The Morgan fingerprint density at radius 2 is 1.97 bits per heavy atom. The van der Waals surface area contributed by atoms with Gasteiger partial charge < -0.3 is 20.6 Å². The van der Waals surface area contributed by atoms with Gasteiger partial charge in [0.2, 0.25) is 5.95 Å². The highest BCUT2D eigenvalue weighted by Crippen LogP contribution is 2.33. The Balaban J connectivity index is 1.47. The van der Waals surface area contributed by atoms with Crippen molar-refractivity contribution in [3.05, 3.63) is 72.6 Å². The maximum Gasteiger partial charge on any atom is 0.309 e. The fourth-order valence-corrected chi connectivity index (χ4v) is 4.24. The largest absolute Gasteiger partial charge is 0.493 e. The number of nitrogens with one attached hydrogen (secondary N) is 1. The van der Waals surface area contributed by atoms with Crippen LogP contribution in [0.4, 0.5) is 5.95 Å². The van der Waals surface area contributed by atoms with Gasteiger partial charge >= 0.3 is 5.97 Å². The predicted octanol–water partition coefficient (Wildman–Crippen LogP) is 3.80. The highest BCUT2D eigenvalue weighted by molar-refractivity contribution is 5.82. The number of rotatable bonds is 9. The van der Waals surface area contributed by atoms with Crippen molar-refractivity contribution in [3.63, 3.8) is 0 Å². The highest BCUT2D eigenvalue weighted by Gasteiger charge is 2.23. The number of H-pyrrole nitrogens is 1. The monoisotopic (exact) mass is 512 g/mol. The third kappa shape index (κ3) is 5.17. The second-order valence-corrected chi connectivity index (χ2v) is 9.90. The predicted molar refractivity (Wildman–Crippen MR) is 142 cm³/mol. The molecule has 0 aliphatic rings. The molecule has 0 aliphatic carbocycles. The zero-order chi connectivity index (χ0) is 26.9. The molecule has 0 amide bonds. The normalized spacial score (nSPS) is 12.5. The minimum atomic E-state index is -0.912. The van der Waals surface area contributed by atoms with Crippen LogP contribution in [0.2, 0.25) is 0 Å². The molecule has 4 N–H and O–H groups in total. The molecule has 1 atom stereocenters. The van der Waals surface area contributed by atoms with Crippen molar-refractivity contribution >= 4 is 23.0 Å². The Morgan fingerprint density at radius 1 is 1.18 bits per heavy atom. The molecule has 5 rings (SSSR count). The summed E-state index contributed by atoms with van der Waals surface area (Å²) < 4.78 is 7.36. The van der Waals surface area contributed by atoms with Gasteiger partial charge in [0.05, 0.1) is 22.6 Å². The zero-order valence-electron chi connectivity index (χ0n) is 21.3. The van der Waals surface area contributed by atoms with Gasteiger partial charge in [-0.15, -0.1) is 0 Å². The number of nitrogen functional groups attached to an aromatic ring is 1. The fourth-order valence-electron chi connectivity index (χ4n) is 4.24. The SMILES string of the molecule is CC(COc1ccc(-c2nc3ccc(C(C)(C)Cc4cnc(N)nc4)cc3[nH]2)c(-n2cncn2)c1)C(=O)O. The lowest BCUT2D eigenvalue weighted by Gasteiger charge is -2.25. The standard InChI is InChI=1S/C27H28N8O3/c1-16(25(36)37)13-38-19-5-6-20(23(9-19)35-15-29-14-32-35)24-33-21-7-4-18(8-22(21)34-24)27(2,3)10-17-11-30-26(28)31-12-17/h4-9,11-12,14-16H,10,13H2,1-3H3,(H,33,34)(H,36,37)(H2,28,30,31). The van der Waals surface area contributed by atoms with E-state index in [0.29, 0.717) is 17.3 Å². The van der Waals surface area contributed by atoms with Gasteiger partial charge in [-0.2, -0.15) is 5.10 Å². The fraction of sp³-hybridized carbons (Fsp3) is 0.259. The summed E-state index contributed by atoms with van der Waals surface area (Å²) in [6.07, 6.45) is 7.31. The number of ether oxygens (including phenoxy) is 1. The quantitative estimate of drug-likeness (QED) is 0.267. The summed E-state index contributed by atoms with van der Waals surface area (Å²) in [6.45, 7) is 6.00. The van der Waals surface area contributed by atoms with Crippen LogP contribution in [0.25, 0.3) is 28.1 Å². The van der Waals surface area contributed by atoms with Crippen LogP contribution < -0.4 is 10.5 Å². The van der Waals surface area contributed by atoms with Gasteiger partial charge in [-0.1, -0.05) is 19.9 Å². The van der Waals surface area contributed by atoms with Crippen molar-refractivity contribution in [2.75, 3.05) is 12.3 Å². The molecule has 0 spiro atoms. The molecule has 0 saturated carbocycles. The van der Waals surface area contributed by atoms with E-state index in [1.165, 1.54) is 6.33 Å². The summed E-state index contributed by atoms with van der Waals surface area (Å²) in [4.78, 5) is 31.7. The van der Waals surface area contributed by atoms with Crippen LogP contribution in [0.1, 0.15) is 31.9 Å². The van der Waals surface area contributed by atoms with Crippen molar-refractivity contribution in [2.45, 2.75) is 32.6 Å². The molecule has 5 aromatic rings. The van der Waals surface area contributed by atoms with Gasteiger partial charge in [0, 0.05) is 24.0 Å². The van der Waals surface area contributed by atoms with E-state index in [0.717, 1.165) is 34.1 Å². The first-order valence-corrected chi connectivity index (χ1v) is 12.1. The number of fused-ring (bicyclic) bond motifs is 1. The van der Waals surface area contributed by atoms with Gasteiger partial charge in [0.25, 0.3) is 0 Å². The smallest absolute Gasteiger partial charge is 0.309 e. The molecule has 11 nitrogen and oxygen atoms in total. The first-order chi connectivity index (χ1) is 18.2. The third-order valence-corrected chi connectivity index (χ3v) is 6.45. The molecule has 194 valence electrons. The van der Waals surface area contributed by atoms with Crippen LogP contribution in [0, 0.1) is 5.92 Å². The highest BCUT2D eigenvalue weighted by atomic mass is 16.5. The van der Waals surface area contributed by atoms with E-state index in [4.69, 9.17) is 20.6 Å². The van der Waals surface area contributed by atoms with E-state index >= 15 is 0 Å². The number of imidazole rings is 1. The lowest BCUT2D eigenvalue weighted by molar-refractivity contribution is -0.142. The summed E-state index contributed by atoms with van der Waals surface area (Å²) in [5.74, 6) is -0.0924. The molecule has 0 bridgehead atoms. The number of hydrogen-bond donors (Lipinski definition) is 3. The van der Waals surface area contributed by atoms with Gasteiger partial charge in [-0.3, -0.25) is 4.79 Å². The van der Waals surface area contributed by atoms with Crippen molar-refractivity contribution in [1.29, 1.82) is 0 Å². The number of aromatic amines is 1. The molecule has 3 heterocycles. The van der Waals surface area contributed by atoms with Crippen molar-refractivity contribution in [3.8, 4) is 22.8 Å². The second kappa shape index (κ2) is 9.92. The molecular weight excluding hydrogens is 484 g/mol. The Morgan fingerprint density at radius 3 is 2.68 bits per heavy atom. The maximum atomic E-state index is 11.2. The molecule has 0 aliphatic heterocycles. The first kappa shape index (κ1) is 24.9. The summed E-state index contributed by atoms with van der Waals surface area (Å²) in [5, 5.41) is 13.4. The molecule has 38 heavy (non-hydrogen) atoms. The lowest BCUT2D eigenvalue weighted by Crippen LogP contribution is -2.20. The molecule has 2 aromatic carbocycles. The van der Waals surface area contributed by atoms with Crippen LogP contribution in [0.5, 0.6) is 5.75 Å². The summed E-state index contributed by atoms with van der Waals surface area (Å²) in [7, 11) is 0. The minimum Gasteiger partial charge on any atom is -0.493 e. The Kier molecular flexibility index (Phi) is 6.50. The molecule has 11 heteroatoms. The van der Waals surface area contributed by atoms with Crippen LogP contribution in [0.15, 0.2) is 61.4 Å². The van der Waals surface area contributed by atoms with Crippen LogP contribution >= 0.6 is 0 Å². The van der Waals surface area contributed by atoms with E-state index < -0.39 is 11.9 Å². The number of nitrogens with zero attached hydrogens (tertiary/aromatic N) is 6. The van der Waals surface area contributed by atoms with Gasteiger partial charge in [-0.05, 0) is 54.2 Å². The average molecular weight is 513 g/mol. The maximum absolute atomic E-state index is 11.2. The van der Waals surface area contributed by atoms with Crippen molar-refractivity contribution < 1.29 is 14.6 Å². The number of carboxylic acid groups (broad SMARTS) is 1. The summed E-state index contributed by atoms with van der Waals surface area (Å²) in [5.41, 5.74) is 10.8. The van der Waals surface area contributed by atoms with Crippen molar-refractivity contribution in [2.24, 2.45) is 5.92 Å².